The van der Waals surface area contributed by atoms with Crippen LogP contribution in [0.4, 0.5) is 17.1 Å². The van der Waals surface area contributed by atoms with Gasteiger partial charge in [-0.05, 0) is 59.8 Å². The highest BCUT2D eigenvalue weighted by Crippen LogP contribution is 2.22. The zero-order chi connectivity index (χ0) is 21.6. The number of amides is 3. The SMILES string of the molecule is O=C(/C=C/c1ccc(N2CCCC2=O)cc1)Nc1cccc(NC(=O)c2cccs2)c1. The van der Waals surface area contributed by atoms with Crippen LogP contribution in [-0.2, 0) is 9.59 Å². The third kappa shape index (κ3) is 5.26. The van der Waals surface area contributed by atoms with E-state index < -0.39 is 0 Å². The van der Waals surface area contributed by atoms with E-state index in [4.69, 9.17) is 0 Å². The van der Waals surface area contributed by atoms with E-state index in [1.807, 2.05) is 35.7 Å². The predicted molar refractivity (Wildman–Crippen MR) is 124 cm³/mol. The van der Waals surface area contributed by atoms with Gasteiger partial charge in [-0.25, -0.2) is 0 Å². The number of nitrogens with one attached hydrogen (secondary N) is 2. The van der Waals surface area contributed by atoms with Crippen LogP contribution < -0.4 is 15.5 Å². The molecular weight excluding hydrogens is 410 g/mol. The van der Waals surface area contributed by atoms with E-state index in [0.29, 0.717) is 22.7 Å². The number of thiophene rings is 1. The number of rotatable bonds is 6. The van der Waals surface area contributed by atoms with Crippen molar-refractivity contribution in [1.82, 2.24) is 0 Å². The van der Waals surface area contributed by atoms with Crippen LogP contribution in [0.25, 0.3) is 6.08 Å². The van der Waals surface area contributed by atoms with E-state index in [-0.39, 0.29) is 17.7 Å². The second kappa shape index (κ2) is 9.40. The summed E-state index contributed by atoms with van der Waals surface area (Å²) in [6, 6.07) is 18.1. The lowest BCUT2D eigenvalue weighted by Crippen LogP contribution is -2.23. The molecular formula is C24H21N3O3S. The molecule has 3 aromatic rings. The average molecular weight is 432 g/mol. The number of hydrogen-bond donors (Lipinski definition) is 2. The van der Waals surface area contributed by atoms with E-state index in [9.17, 15) is 14.4 Å². The monoisotopic (exact) mass is 431 g/mol. The molecule has 0 bridgehead atoms. The van der Waals surface area contributed by atoms with Crippen molar-refractivity contribution in [3.63, 3.8) is 0 Å². The summed E-state index contributed by atoms with van der Waals surface area (Å²) in [4.78, 5) is 38.7. The van der Waals surface area contributed by atoms with Gasteiger partial charge in [0, 0.05) is 36.1 Å². The third-order valence-corrected chi connectivity index (χ3v) is 5.71. The van der Waals surface area contributed by atoms with Crippen LogP contribution in [-0.4, -0.2) is 24.3 Å². The highest BCUT2D eigenvalue weighted by molar-refractivity contribution is 7.12. The molecule has 1 aliphatic rings. The molecule has 2 heterocycles. The molecule has 0 atom stereocenters. The summed E-state index contributed by atoms with van der Waals surface area (Å²) >= 11 is 1.37. The van der Waals surface area contributed by atoms with Gasteiger partial charge in [0.2, 0.25) is 11.8 Å². The first-order valence-electron chi connectivity index (χ1n) is 9.93. The van der Waals surface area contributed by atoms with Crippen molar-refractivity contribution in [3.8, 4) is 0 Å². The van der Waals surface area contributed by atoms with Crippen LogP contribution >= 0.6 is 11.3 Å². The summed E-state index contributed by atoms with van der Waals surface area (Å²) in [5, 5.41) is 7.46. The second-order valence-corrected chi connectivity index (χ2v) is 8.02. The number of carbonyl (C=O) groups is 3. The van der Waals surface area contributed by atoms with Crippen molar-refractivity contribution in [3.05, 3.63) is 82.6 Å². The lowest BCUT2D eigenvalue weighted by molar-refractivity contribution is -0.117. The number of benzene rings is 2. The number of carbonyl (C=O) groups excluding carboxylic acids is 3. The second-order valence-electron chi connectivity index (χ2n) is 7.08. The zero-order valence-corrected chi connectivity index (χ0v) is 17.5. The van der Waals surface area contributed by atoms with Crippen molar-refractivity contribution in [2.24, 2.45) is 0 Å². The molecule has 1 aliphatic heterocycles. The largest absolute Gasteiger partial charge is 0.322 e. The molecule has 2 N–H and O–H groups in total. The summed E-state index contributed by atoms with van der Waals surface area (Å²) in [6.07, 6.45) is 4.65. The van der Waals surface area contributed by atoms with Gasteiger partial charge < -0.3 is 15.5 Å². The van der Waals surface area contributed by atoms with E-state index in [2.05, 4.69) is 10.6 Å². The molecule has 3 amide bonds. The van der Waals surface area contributed by atoms with Crippen LogP contribution in [0, 0.1) is 0 Å². The first-order valence-corrected chi connectivity index (χ1v) is 10.8. The minimum Gasteiger partial charge on any atom is -0.322 e. The highest BCUT2D eigenvalue weighted by Gasteiger charge is 2.21. The molecule has 0 unspecified atom stereocenters. The standard InChI is InChI=1S/C24H21N3O3S/c28-22(13-10-17-8-11-20(12-9-17)27-14-2-7-23(27)29)25-18-4-1-5-19(16-18)26-24(30)21-6-3-15-31-21/h1,3-6,8-13,15-16H,2,7,14H2,(H,25,28)(H,26,30)/b13-10+. The van der Waals surface area contributed by atoms with Crippen molar-refractivity contribution < 1.29 is 14.4 Å². The maximum absolute atomic E-state index is 12.3. The normalized spacial score (nSPS) is 13.5. The summed E-state index contributed by atoms with van der Waals surface area (Å²) in [7, 11) is 0. The molecule has 0 saturated carbocycles. The van der Waals surface area contributed by atoms with Crippen molar-refractivity contribution in [2.75, 3.05) is 22.1 Å². The van der Waals surface area contributed by atoms with Gasteiger partial charge in [-0.1, -0.05) is 24.3 Å². The van der Waals surface area contributed by atoms with E-state index in [1.54, 1.807) is 41.3 Å². The maximum Gasteiger partial charge on any atom is 0.265 e. The molecule has 31 heavy (non-hydrogen) atoms. The minimum absolute atomic E-state index is 0.150. The molecule has 4 rings (SSSR count). The topological polar surface area (TPSA) is 78.5 Å². The summed E-state index contributed by atoms with van der Waals surface area (Å²) in [5.74, 6) is -0.311. The fourth-order valence-electron chi connectivity index (χ4n) is 3.32. The Balaban J connectivity index is 1.34. The van der Waals surface area contributed by atoms with Gasteiger partial charge in [-0.2, -0.15) is 0 Å². The predicted octanol–water partition coefficient (Wildman–Crippen LogP) is 4.78. The maximum atomic E-state index is 12.3. The van der Waals surface area contributed by atoms with E-state index in [0.717, 1.165) is 24.2 Å². The Labute approximate surface area is 184 Å². The summed E-state index contributed by atoms with van der Waals surface area (Å²) < 4.78 is 0. The molecule has 7 heteroatoms. The molecule has 6 nitrogen and oxygen atoms in total. The average Bonchev–Trinajstić information content (AvgIpc) is 3.45. The Morgan fingerprint density at radius 1 is 0.968 bits per heavy atom. The Hall–Kier alpha value is -3.71. The number of nitrogens with zero attached hydrogens (tertiary/aromatic N) is 1. The van der Waals surface area contributed by atoms with Gasteiger partial charge in [0.25, 0.3) is 5.91 Å². The molecule has 1 saturated heterocycles. The van der Waals surface area contributed by atoms with Crippen LogP contribution in [0.2, 0.25) is 0 Å². The molecule has 1 aromatic heterocycles. The Morgan fingerprint density at radius 3 is 2.42 bits per heavy atom. The smallest absolute Gasteiger partial charge is 0.265 e. The number of hydrogen-bond acceptors (Lipinski definition) is 4. The molecule has 0 radical (unpaired) electrons. The molecule has 0 spiro atoms. The molecule has 0 aliphatic carbocycles. The highest BCUT2D eigenvalue weighted by atomic mass is 32.1. The van der Waals surface area contributed by atoms with Crippen molar-refractivity contribution >= 4 is 52.2 Å². The Bertz CT molecular complexity index is 1120. The minimum atomic E-state index is -0.277. The van der Waals surface area contributed by atoms with Gasteiger partial charge >= 0.3 is 0 Å². The van der Waals surface area contributed by atoms with Crippen molar-refractivity contribution in [1.29, 1.82) is 0 Å². The number of anilines is 3. The van der Waals surface area contributed by atoms with E-state index in [1.165, 1.54) is 17.4 Å². The van der Waals surface area contributed by atoms with Gasteiger partial charge in [0.1, 0.15) is 0 Å². The van der Waals surface area contributed by atoms with Crippen LogP contribution in [0.3, 0.4) is 0 Å². The fraction of sp³-hybridized carbons (Fsp3) is 0.125. The molecule has 156 valence electrons. The lowest BCUT2D eigenvalue weighted by atomic mass is 10.2. The molecule has 1 fully saturated rings. The van der Waals surface area contributed by atoms with Crippen molar-refractivity contribution in [2.45, 2.75) is 12.8 Å². The van der Waals surface area contributed by atoms with Crippen LogP contribution in [0.5, 0.6) is 0 Å². The third-order valence-electron chi connectivity index (χ3n) is 4.84. The first kappa shape index (κ1) is 20.6. The zero-order valence-electron chi connectivity index (χ0n) is 16.7. The van der Waals surface area contributed by atoms with Crippen LogP contribution in [0.15, 0.2) is 72.1 Å². The van der Waals surface area contributed by atoms with Gasteiger partial charge in [0.05, 0.1) is 4.88 Å². The fourth-order valence-corrected chi connectivity index (χ4v) is 3.94. The first-order chi connectivity index (χ1) is 15.1. The lowest BCUT2D eigenvalue weighted by Gasteiger charge is -2.15. The van der Waals surface area contributed by atoms with Gasteiger partial charge in [-0.15, -0.1) is 11.3 Å². The molecule has 2 aromatic carbocycles. The van der Waals surface area contributed by atoms with Gasteiger partial charge in [-0.3, -0.25) is 14.4 Å². The Kier molecular flexibility index (Phi) is 6.24. The van der Waals surface area contributed by atoms with E-state index >= 15 is 0 Å². The van der Waals surface area contributed by atoms with Crippen LogP contribution in [0.1, 0.15) is 28.1 Å². The quantitative estimate of drug-likeness (QED) is 0.552. The summed E-state index contributed by atoms with van der Waals surface area (Å²) in [6.45, 7) is 0.753. The summed E-state index contributed by atoms with van der Waals surface area (Å²) in [5.41, 5.74) is 2.93. The van der Waals surface area contributed by atoms with Gasteiger partial charge in [0.15, 0.2) is 0 Å². The Morgan fingerprint density at radius 2 is 1.74 bits per heavy atom.